The summed E-state index contributed by atoms with van der Waals surface area (Å²) >= 11 is 0. The second kappa shape index (κ2) is 6.35. The van der Waals surface area contributed by atoms with Gasteiger partial charge in [-0.2, -0.15) is 0 Å². The SMILES string of the molecule is CC(C)C=O.CN1CCCC1. The van der Waals surface area contributed by atoms with Gasteiger partial charge >= 0.3 is 0 Å². The van der Waals surface area contributed by atoms with Gasteiger partial charge in [0.2, 0.25) is 0 Å². The molecule has 2 heteroatoms. The van der Waals surface area contributed by atoms with E-state index >= 15 is 0 Å². The quantitative estimate of drug-likeness (QED) is 0.538. The lowest BCUT2D eigenvalue weighted by molar-refractivity contribution is -0.110. The second-order valence-electron chi connectivity index (χ2n) is 3.39. The molecule has 66 valence electrons. The van der Waals surface area contributed by atoms with Gasteiger partial charge in [-0.1, -0.05) is 13.8 Å². The van der Waals surface area contributed by atoms with Crippen LogP contribution in [-0.2, 0) is 4.79 Å². The Morgan fingerprint density at radius 1 is 1.27 bits per heavy atom. The van der Waals surface area contributed by atoms with Crippen molar-refractivity contribution in [3.63, 3.8) is 0 Å². The van der Waals surface area contributed by atoms with E-state index < -0.39 is 0 Å². The molecule has 1 heterocycles. The van der Waals surface area contributed by atoms with E-state index in [0.717, 1.165) is 6.29 Å². The van der Waals surface area contributed by atoms with Crippen LogP contribution in [0.2, 0.25) is 0 Å². The highest BCUT2D eigenvalue weighted by Gasteiger charge is 2.03. The van der Waals surface area contributed by atoms with E-state index in [9.17, 15) is 4.79 Å². The fraction of sp³-hybridized carbons (Fsp3) is 0.889. The van der Waals surface area contributed by atoms with Crippen molar-refractivity contribution in [2.24, 2.45) is 5.92 Å². The number of nitrogens with zero attached hydrogens (tertiary/aromatic N) is 1. The molecule has 1 aliphatic rings. The second-order valence-corrected chi connectivity index (χ2v) is 3.39. The molecule has 0 radical (unpaired) electrons. The van der Waals surface area contributed by atoms with Crippen molar-refractivity contribution >= 4 is 6.29 Å². The summed E-state index contributed by atoms with van der Waals surface area (Å²) in [7, 11) is 2.17. The standard InChI is InChI=1S/C5H11N.C4H8O/c1-6-4-2-3-5-6;1-4(2)3-5/h2-5H2,1H3;3-4H,1-2H3. The van der Waals surface area contributed by atoms with E-state index in [0.29, 0.717) is 0 Å². The first kappa shape index (κ1) is 10.6. The molecule has 1 fully saturated rings. The topological polar surface area (TPSA) is 20.3 Å². The van der Waals surface area contributed by atoms with Crippen molar-refractivity contribution in [3.8, 4) is 0 Å². The highest BCUT2D eigenvalue weighted by atomic mass is 16.1. The molecule has 0 aromatic carbocycles. The van der Waals surface area contributed by atoms with Gasteiger partial charge in [0.05, 0.1) is 0 Å². The zero-order valence-corrected chi connectivity index (χ0v) is 7.84. The Labute approximate surface area is 69.6 Å². The smallest absolute Gasteiger partial charge is 0.122 e. The molecule has 0 aliphatic carbocycles. The molecule has 0 aromatic rings. The zero-order valence-electron chi connectivity index (χ0n) is 7.84. The monoisotopic (exact) mass is 157 g/mol. The van der Waals surface area contributed by atoms with Gasteiger partial charge < -0.3 is 9.69 Å². The van der Waals surface area contributed by atoms with Gasteiger partial charge in [-0.3, -0.25) is 0 Å². The van der Waals surface area contributed by atoms with E-state index in [-0.39, 0.29) is 5.92 Å². The normalized spacial score (nSPS) is 17.8. The number of carbonyl (C=O) groups excluding carboxylic acids is 1. The fourth-order valence-electron chi connectivity index (χ4n) is 0.875. The van der Waals surface area contributed by atoms with Gasteiger partial charge in [0, 0.05) is 5.92 Å². The van der Waals surface area contributed by atoms with Crippen molar-refractivity contribution in [1.29, 1.82) is 0 Å². The molecular weight excluding hydrogens is 138 g/mol. The Balaban J connectivity index is 0.000000187. The van der Waals surface area contributed by atoms with Crippen LogP contribution in [0.25, 0.3) is 0 Å². The molecule has 0 bridgehead atoms. The van der Waals surface area contributed by atoms with E-state index in [1.54, 1.807) is 0 Å². The molecule has 0 N–H and O–H groups in total. The third-order valence-electron chi connectivity index (χ3n) is 1.60. The largest absolute Gasteiger partial charge is 0.306 e. The van der Waals surface area contributed by atoms with E-state index in [2.05, 4.69) is 11.9 Å². The lowest BCUT2D eigenvalue weighted by atomic mass is 10.3. The molecular formula is C9H19NO. The Hall–Kier alpha value is -0.370. The number of rotatable bonds is 1. The molecule has 1 rings (SSSR count). The predicted octanol–water partition coefficient (Wildman–Crippen LogP) is 1.55. The molecule has 0 aromatic heterocycles. The first-order chi connectivity index (χ1) is 5.16. The lowest BCUT2D eigenvalue weighted by Crippen LogP contribution is -2.10. The summed E-state index contributed by atoms with van der Waals surface area (Å²) in [4.78, 5) is 11.9. The van der Waals surface area contributed by atoms with Crippen LogP contribution in [-0.4, -0.2) is 31.3 Å². The Kier molecular flexibility index (Phi) is 6.13. The maximum Gasteiger partial charge on any atom is 0.122 e. The van der Waals surface area contributed by atoms with Crippen molar-refractivity contribution in [1.82, 2.24) is 4.90 Å². The number of carbonyl (C=O) groups is 1. The molecule has 2 nitrogen and oxygen atoms in total. The molecule has 0 saturated carbocycles. The first-order valence-electron chi connectivity index (χ1n) is 4.30. The summed E-state index contributed by atoms with van der Waals surface area (Å²) in [5.74, 6) is 0.204. The Morgan fingerprint density at radius 3 is 1.73 bits per heavy atom. The minimum absolute atomic E-state index is 0.204. The van der Waals surface area contributed by atoms with Gasteiger partial charge in [0.1, 0.15) is 6.29 Å². The van der Waals surface area contributed by atoms with Crippen molar-refractivity contribution in [2.75, 3.05) is 20.1 Å². The van der Waals surface area contributed by atoms with Crippen molar-refractivity contribution in [3.05, 3.63) is 0 Å². The average Bonchev–Trinajstić information content (AvgIpc) is 2.41. The van der Waals surface area contributed by atoms with Crippen LogP contribution >= 0.6 is 0 Å². The molecule has 0 atom stereocenters. The van der Waals surface area contributed by atoms with E-state index in [1.807, 2.05) is 13.8 Å². The summed E-state index contributed by atoms with van der Waals surface area (Å²) in [6.07, 6.45) is 3.74. The molecule has 1 saturated heterocycles. The van der Waals surface area contributed by atoms with Gasteiger partial charge in [-0.05, 0) is 33.0 Å². The summed E-state index contributed by atoms with van der Waals surface area (Å²) in [6, 6.07) is 0. The minimum Gasteiger partial charge on any atom is -0.306 e. The third-order valence-corrected chi connectivity index (χ3v) is 1.60. The molecule has 11 heavy (non-hydrogen) atoms. The highest BCUT2D eigenvalue weighted by Crippen LogP contribution is 2.02. The van der Waals surface area contributed by atoms with Crippen LogP contribution in [0.1, 0.15) is 26.7 Å². The highest BCUT2D eigenvalue weighted by molar-refractivity contribution is 5.51. The number of hydrogen-bond acceptors (Lipinski definition) is 2. The fourth-order valence-corrected chi connectivity index (χ4v) is 0.875. The zero-order chi connectivity index (χ0) is 8.69. The summed E-state index contributed by atoms with van der Waals surface area (Å²) in [6.45, 7) is 6.35. The molecule has 0 spiro atoms. The first-order valence-corrected chi connectivity index (χ1v) is 4.30. The Morgan fingerprint density at radius 2 is 1.64 bits per heavy atom. The van der Waals surface area contributed by atoms with Gasteiger partial charge in [-0.15, -0.1) is 0 Å². The van der Waals surface area contributed by atoms with Crippen LogP contribution in [0.15, 0.2) is 0 Å². The summed E-state index contributed by atoms with van der Waals surface area (Å²) in [5.41, 5.74) is 0. The minimum atomic E-state index is 0.204. The molecule has 0 amide bonds. The lowest BCUT2D eigenvalue weighted by Gasteiger charge is -2.01. The molecule has 0 unspecified atom stereocenters. The maximum absolute atomic E-state index is 9.50. The van der Waals surface area contributed by atoms with Crippen LogP contribution in [0.3, 0.4) is 0 Å². The van der Waals surface area contributed by atoms with E-state index in [1.165, 1.54) is 25.9 Å². The van der Waals surface area contributed by atoms with E-state index in [4.69, 9.17) is 0 Å². The van der Waals surface area contributed by atoms with Gasteiger partial charge in [-0.25, -0.2) is 0 Å². The number of likely N-dealkylation sites (tertiary alicyclic amines) is 1. The van der Waals surface area contributed by atoms with Crippen molar-refractivity contribution in [2.45, 2.75) is 26.7 Å². The van der Waals surface area contributed by atoms with Gasteiger partial charge in [0.25, 0.3) is 0 Å². The third kappa shape index (κ3) is 7.53. The molecule has 1 aliphatic heterocycles. The van der Waals surface area contributed by atoms with Gasteiger partial charge in [0.15, 0.2) is 0 Å². The van der Waals surface area contributed by atoms with Crippen LogP contribution in [0, 0.1) is 5.92 Å². The van der Waals surface area contributed by atoms with Crippen LogP contribution < -0.4 is 0 Å². The number of hydrogen-bond donors (Lipinski definition) is 0. The average molecular weight is 157 g/mol. The van der Waals surface area contributed by atoms with Crippen LogP contribution in [0.4, 0.5) is 0 Å². The predicted molar refractivity (Wildman–Crippen MR) is 47.6 cm³/mol. The Bertz CT molecular complexity index is 95.7. The van der Waals surface area contributed by atoms with Crippen LogP contribution in [0.5, 0.6) is 0 Å². The summed E-state index contributed by atoms with van der Waals surface area (Å²) < 4.78 is 0. The number of aldehydes is 1. The summed E-state index contributed by atoms with van der Waals surface area (Å²) in [5, 5.41) is 0. The maximum atomic E-state index is 9.50. The van der Waals surface area contributed by atoms with Crippen molar-refractivity contribution < 1.29 is 4.79 Å².